The summed E-state index contributed by atoms with van der Waals surface area (Å²) in [6, 6.07) is 18.3. The second kappa shape index (κ2) is 10.5. The van der Waals surface area contributed by atoms with E-state index in [2.05, 4.69) is 39.2 Å². The molecule has 8 nitrogen and oxygen atoms in total. The van der Waals surface area contributed by atoms with Gasteiger partial charge < -0.3 is 19.6 Å². The number of carboxylic acid groups (broad SMARTS) is 1. The number of benzene rings is 2. The van der Waals surface area contributed by atoms with E-state index in [4.69, 9.17) is 4.74 Å². The summed E-state index contributed by atoms with van der Waals surface area (Å²) in [4.78, 5) is 29.6. The molecule has 1 aromatic heterocycles. The lowest BCUT2D eigenvalue weighted by Gasteiger charge is -2.36. The number of aromatic nitrogens is 2. The maximum Gasteiger partial charge on any atom is 0.347 e. The minimum Gasteiger partial charge on any atom is -0.478 e. The first-order valence-corrected chi connectivity index (χ1v) is 13.4. The number of carboxylic acids is 1. The summed E-state index contributed by atoms with van der Waals surface area (Å²) in [5.41, 5.74) is 2.94. The van der Waals surface area contributed by atoms with E-state index in [1.54, 1.807) is 12.3 Å². The van der Waals surface area contributed by atoms with E-state index in [0.29, 0.717) is 24.9 Å². The second-order valence-corrected chi connectivity index (χ2v) is 10.9. The average Bonchev–Trinajstić information content (AvgIpc) is 3.67. The fraction of sp³-hybridized carbons (Fsp3) is 0.433. The number of hydrogen-bond acceptors (Lipinski definition) is 5. The number of ether oxygens (including phenoxy) is 1. The molecule has 1 unspecified atom stereocenters. The van der Waals surface area contributed by atoms with Crippen LogP contribution in [0.1, 0.15) is 45.1 Å². The Bertz CT molecular complexity index is 1300. The molecule has 1 aliphatic heterocycles. The van der Waals surface area contributed by atoms with Gasteiger partial charge in [0.25, 0.3) is 0 Å². The van der Waals surface area contributed by atoms with E-state index in [0.717, 1.165) is 54.7 Å². The number of carbonyl (C=O) groups is 2. The third kappa shape index (κ3) is 5.69. The lowest BCUT2D eigenvalue weighted by atomic mass is 9.95. The summed E-state index contributed by atoms with van der Waals surface area (Å²) < 4.78 is 7.61. The topological polar surface area (TPSA) is 87.9 Å². The maximum atomic E-state index is 13.8. The summed E-state index contributed by atoms with van der Waals surface area (Å²) in [5.74, 6) is -0.346. The predicted octanol–water partition coefficient (Wildman–Crippen LogP) is 4.74. The van der Waals surface area contributed by atoms with Crippen LogP contribution in [0.2, 0.25) is 0 Å². The first-order valence-electron chi connectivity index (χ1n) is 13.4. The van der Waals surface area contributed by atoms with Gasteiger partial charge in [0.1, 0.15) is 5.75 Å². The van der Waals surface area contributed by atoms with Crippen molar-refractivity contribution in [1.82, 2.24) is 14.7 Å². The number of rotatable bonds is 9. The molecule has 0 spiro atoms. The van der Waals surface area contributed by atoms with E-state index in [9.17, 15) is 14.7 Å². The molecule has 1 atom stereocenters. The zero-order valence-electron chi connectivity index (χ0n) is 22.3. The molecule has 1 amide bonds. The third-order valence-corrected chi connectivity index (χ3v) is 7.54. The van der Waals surface area contributed by atoms with Crippen molar-refractivity contribution in [1.29, 1.82) is 0 Å². The summed E-state index contributed by atoms with van der Waals surface area (Å²) in [6.45, 7) is 5.20. The Kier molecular flexibility index (Phi) is 7.15. The van der Waals surface area contributed by atoms with Crippen molar-refractivity contribution >= 4 is 17.6 Å². The highest BCUT2D eigenvalue weighted by Gasteiger charge is 2.37. The molecule has 2 aliphatic rings. The fourth-order valence-electron chi connectivity index (χ4n) is 5.14. The predicted molar refractivity (Wildman–Crippen MR) is 146 cm³/mol. The quantitative estimate of drug-likeness (QED) is 0.442. The lowest BCUT2D eigenvalue weighted by molar-refractivity contribution is -0.152. The highest BCUT2D eigenvalue weighted by molar-refractivity contribution is 5.80. The molecule has 1 aliphatic carbocycles. The van der Waals surface area contributed by atoms with Crippen molar-refractivity contribution in [2.45, 2.75) is 57.7 Å². The van der Waals surface area contributed by atoms with E-state index in [1.165, 1.54) is 13.8 Å². The van der Waals surface area contributed by atoms with Crippen LogP contribution < -0.4 is 9.64 Å². The van der Waals surface area contributed by atoms with Gasteiger partial charge in [0.2, 0.25) is 5.91 Å². The van der Waals surface area contributed by atoms with Crippen molar-refractivity contribution in [2.75, 3.05) is 18.0 Å². The normalized spacial score (nSPS) is 17.8. The highest BCUT2D eigenvalue weighted by Crippen LogP contribution is 2.33. The van der Waals surface area contributed by atoms with Gasteiger partial charge in [-0.2, -0.15) is 5.10 Å². The van der Waals surface area contributed by atoms with Crippen molar-refractivity contribution in [3.05, 3.63) is 66.4 Å². The largest absolute Gasteiger partial charge is 0.478 e. The van der Waals surface area contributed by atoms with Gasteiger partial charge in [-0.05, 0) is 68.9 Å². The Morgan fingerprint density at radius 1 is 1.11 bits per heavy atom. The molecule has 38 heavy (non-hydrogen) atoms. The van der Waals surface area contributed by atoms with E-state index in [-0.39, 0.29) is 11.8 Å². The zero-order chi connectivity index (χ0) is 26.9. The van der Waals surface area contributed by atoms with Crippen LogP contribution >= 0.6 is 0 Å². The number of aliphatic carboxylic acids is 1. The average molecular weight is 517 g/mol. The zero-order valence-corrected chi connectivity index (χ0v) is 22.3. The van der Waals surface area contributed by atoms with Crippen LogP contribution in [0.15, 0.2) is 60.8 Å². The van der Waals surface area contributed by atoms with Crippen molar-refractivity contribution < 1.29 is 19.4 Å². The van der Waals surface area contributed by atoms with Gasteiger partial charge in [-0.25, -0.2) is 4.79 Å². The van der Waals surface area contributed by atoms with Crippen LogP contribution in [0.3, 0.4) is 0 Å². The number of aryl methyl sites for hydroxylation is 1. The Morgan fingerprint density at radius 3 is 2.53 bits per heavy atom. The lowest BCUT2D eigenvalue weighted by Crippen LogP contribution is -2.45. The SMILES string of the molecule is Cn1nccc1-c1ccc(CN(C(=O)C2CCCN(c3cccc(OC(C)(C)C(=O)O)c3)C2)C2CC2)cc1. The number of hydrogen-bond donors (Lipinski definition) is 1. The van der Waals surface area contributed by atoms with Crippen LogP contribution in [0.5, 0.6) is 5.75 Å². The van der Waals surface area contributed by atoms with Gasteiger partial charge in [0.15, 0.2) is 5.60 Å². The smallest absolute Gasteiger partial charge is 0.347 e. The fourth-order valence-corrected chi connectivity index (χ4v) is 5.14. The molecule has 8 heteroatoms. The minimum absolute atomic E-state index is 0.0712. The number of anilines is 1. The molecule has 2 fully saturated rings. The van der Waals surface area contributed by atoms with Gasteiger partial charge >= 0.3 is 5.97 Å². The summed E-state index contributed by atoms with van der Waals surface area (Å²) in [7, 11) is 1.93. The van der Waals surface area contributed by atoms with E-state index >= 15 is 0 Å². The summed E-state index contributed by atoms with van der Waals surface area (Å²) in [6.07, 6.45) is 5.73. The molecule has 3 aromatic rings. The van der Waals surface area contributed by atoms with E-state index < -0.39 is 11.6 Å². The molecule has 5 rings (SSSR count). The van der Waals surface area contributed by atoms with Crippen molar-refractivity contribution in [2.24, 2.45) is 13.0 Å². The van der Waals surface area contributed by atoms with Crippen molar-refractivity contribution in [3.63, 3.8) is 0 Å². The Morgan fingerprint density at radius 2 is 1.87 bits per heavy atom. The highest BCUT2D eigenvalue weighted by atomic mass is 16.5. The summed E-state index contributed by atoms with van der Waals surface area (Å²) >= 11 is 0. The van der Waals surface area contributed by atoms with Gasteiger partial charge in [-0.3, -0.25) is 9.48 Å². The van der Waals surface area contributed by atoms with Gasteiger partial charge in [0.05, 0.1) is 11.6 Å². The Balaban J connectivity index is 1.26. The van der Waals surface area contributed by atoms with Crippen LogP contribution in [0.25, 0.3) is 11.3 Å². The van der Waals surface area contributed by atoms with Gasteiger partial charge in [-0.1, -0.05) is 30.3 Å². The van der Waals surface area contributed by atoms with Crippen LogP contribution in [-0.2, 0) is 23.2 Å². The molecule has 2 aromatic carbocycles. The second-order valence-electron chi connectivity index (χ2n) is 10.9. The van der Waals surface area contributed by atoms with E-state index in [1.807, 2.05) is 36.0 Å². The van der Waals surface area contributed by atoms with Crippen LogP contribution in [-0.4, -0.2) is 56.4 Å². The third-order valence-electron chi connectivity index (χ3n) is 7.54. The van der Waals surface area contributed by atoms with Crippen LogP contribution in [0.4, 0.5) is 5.69 Å². The molecule has 0 radical (unpaired) electrons. The number of amides is 1. The molecule has 1 N–H and O–H groups in total. The first kappa shape index (κ1) is 25.8. The molecular formula is C30H36N4O4. The molecule has 200 valence electrons. The molecule has 1 saturated heterocycles. The molecule has 1 saturated carbocycles. The summed E-state index contributed by atoms with van der Waals surface area (Å²) in [5, 5.41) is 13.7. The monoisotopic (exact) mass is 516 g/mol. The number of piperidine rings is 1. The van der Waals surface area contributed by atoms with Gasteiger partial charge in [-0.15, -0.1) is 0 Å². The standard InChI is InChI=1S/C30H36N4O4/c1-30(2,29(36)37)38-26-8-4-7-25(18-26)33-17-5-6-23(20-33)28(35)34(24-13-14-24)19-21-9-11-22(12-10-21)27-15-16-31-32(27)3/h4,7-12,15-16,18,23-24H,5-6,13-14,17,19-20H2,1-3H3,(H,36,37). The Labute approximate surface area is 223 Å². The molecule has 2 heterocycles. The first-order chi connectivity index (χ1) is 18.2. The Hall–Kier alpha value is -3.81. The molecular weight excluding hydrogens is 480 g/mol. The van der Waals surface area contributed by atoms with Crippen LogP contribution in [0, 0.1) is 5.92 Å². The van der Waals surface area contributed by atoms with Crippen molar-refractivity contribution in [3.8, 4) is 17.0 Å². The van der Waals surface area contributed by atoms with Gasteiger partial charge in [0, 0.05) is 50.7 Å². The number of carbonyl (C=O) groups excluding carboxylic acids is 1. The molecule has 0 bridgehead atoms. The minimum atomic E-state index is -1.32. The maximum absolute atomic E-state index is 13.8. The number of nitrogens with zero attached hydrogens (tertiary/aromatic N) is 4.